The van der Waals surface area contributed by atoms with Crippen molar-refractivity contribution in [3.63, 3.8) is 0 Å². The van der Waals surface area contributed by atoms with Gasteiger partial charge in [0.1, 0.15) is 41.4 Å². The highest BCUT2D eigenvalue weighted by Gasteiger charge is 2.54. The van der Waals surface area contributed by atoms with Crippen LogP contribution in [-0.4, -0.2) is 84.4 Å². The predicted molar refractivity (Wildman–Crippen MR) is 141 cm³/mol. The summed E-state index contributed by atoms with van der Waals surface area (Å²) in [6.45, 7) is 1.91. The summed E-state index contributed by atoms with van der Waals surface area (Å²) in [5.74, 6) is 4.09. The van der Waals surface area contributed by atoms with Gasteiger partial charge in [0.25, 0.3) is 11.8 Å². The summed E-state index contributed by atoms with van der Waals surface area (Å²) in [7, 11) is 0. The number of carbonyl (C=O) groups is 3. The molecule has 0 saturated carbocycles. The number of β-lactam (4-membered cyclic amide) rings is 1. The second-order valence-corrected chi connectivity index (χ2v) is 10.7. The van der Waals surface area contributed by atoms with E-state index in [1.54, 1.807) is 12.3 Å². The van der Waals surface area contributed by atoms with Crippen LogP contribution in [-0.2, 0) is 19.2 Å². The third-order valence-electron chi connectivity index (χ3n) is 5.28. The number of hydrogen-bond acceptors (Lipinski definition) is 15. The molecule has 1 fully saturated rings. The summed E-state index contributed by atoms with van der Waals surface area (Å²) in [6, 6.07) is -0.964. The summed E-state index contributed by atoms with van der Waals surface area (Å²) >= 11 is 3.59. The molecule has 37 heavy (non-hydrogen) atoms. The van der Waals surface area contributed by atoms with Crippen LogP contribution in [0.5, 0.6) is 0 Å². The summed E-state index contributed by atoms with van der Waals surface area (Å²) < 4.78 is 0. The molecule has 4 rings (SSSR count). The van der Waals surface area contributed by atoms with Gasteiger partial charge in [0, 0.05) is 16.9 Å². The van der Waals surface area contributed by atoms with Crippen molar-refractivity contribution < 1.29 is 24.3 Å². The Balaban J connectivity index is 1.49. The lowest BCUT2D eigenvalue weighted by atomic mass is 10.0. The minimum absolute atomic E-state index is 0.140. The van der Waals surface area contributed by atoms with Crippen LogP contribution in [0.1, 0.15) is 12.6 Å². The van der Waals surface area contributed by atoms with E-state index >= 15 is 0 Å². The van der Waals surface area contributed by atoms with E-state index in [9.17, 15) is 19.5 Å². The first kappa shape index (κ1) is 26.7. The van der Waals surface area contributed by atoms with Gasteiger partial charge in [-0.2, -0.15) is 0 Å². The summed E-state index contributed by atoms with van der Waals surface area (Å²) in [6.07, 6.45) is 0.810. The van der Waals surface area contributed by atoms with Crippen molar-refractivity contribution in [2.75, 3.05) is 23.8 Å². The summed E-state index contributed by atoms with van der Waals surface area (Å²) in [5, 5.41) is 19.0. The Labute approximate surface area is 223 Å². The first-order valence-corrected chi connectivity index (χ1v) is 13.6. The van der Waals surface area contributed by atoms with Gasteiger partial charge in [0.15, 0.2) is 16.0 Å². The molecule has 1 aromatic heterocycles. The zero-order chi connectivity index (χ0) is 26.9. The molecular weight excluding hydrogens is 544 g/mol. The van der Waals surface area contributed by atoms with Gasteiger partial charge in [0.05, 0.1) is 0 Å². The van der Waals surface area contributed by atoms with Crippen molar-refractivity contribution in [3.8, 4) is 0 Å². The number of nitrogens with zero attached hydrogens (tertiary/aromatic N) is 5. The van der Waals surface area contributed by atoms with E-state index in [0.29, 0.717) is 16.5 Å². The standard InChI is InChI=1S/C19H24N10O5S3/c1-2-34-27-11(8-6-36-18(22)24-8)14(30)26-12-15(31)28-13(17(32)33)7(4-35-16(12)28)5-37-19-25-9(20)3-10(21)29(19)23/h3,6,10,12,16H,2,4-5,20-21,23H2,1H3,(H2,22,24)(H,26,30)(H,32,33)/b27-11-/t10?,12?,16-/m0/s1. The Morgan fingerprint density at radius 3 is 2.81 bits per heavy atom. The molecule has 18 heteroatoms. The number of nitrogen functional groups attached to an aromatic ring is 1. The molecule has 0 bridgehead atoms. The van der Waals surface area contributed by atoms with Crippen molar-refractivity contribution in [1.29, 1.82) is 0 Å². The fourth-order valence-corrected chi connectivity index (χ4v) is 6.59. The lowest BCUT2D eigenvalue weighted by Crippen LogP contribution is -2.71. The molecule has 3 aliphatic rings. The minimum atomic E-state index is -1.26. The Hall–Kier alpha value is -3.32. The zero-order valence-electron chi connectivity index (χ0n) is 19.4. The maximum absolute atomic E-state index is 13.0. The van der Waals surface area contributed by atoms with E-state index in [0.717, 1.165) is 23.1 Å². The van der Waals surface area contributed by atoms with Gasteiger partial charge in [-0.25, -0.2) is 20.6 Å². The smallest absolute Gasteiger partial charge is 0.352 e. The Morgan fingerprint density at radius 1 is 1.41 bits per heavy atom. The average Bonchev–Trinajstić information content (AvgIpc) is 3.28. The molecule has 0 radical (unpaired) electrons. The van der Waals surface area contributed by atoms with E-state index in [-0.39, 0.29) is 40.4 Å². The number of rotatable bonds is 8. The van der Waals surface area contributed by atoms with Gasteiger partial charge in [-0.15, -0.1) is 23.1 Å². The first-order valence-electron chi connectivity index (χ1n) is 10.7. The molecule has 3 atom stereocenters. The van der Waals surface area contributed by atoms with E-state index < -0.39 is 35.4 Å². The first-order chi connectivity index (χ1) is 17.6. The molecule has 0 spiro atoms. The highest BCUT2D eigenvalue weighted by atomic mass is 32.2. The summed E-state index contributed by atoms with van der Waals surface area (Å²) in [5.41, 5.74) is 17.7. The van der Waals surface area contributed by atoms with E-state index in [1.165, 1.54) is 27.7 Å². The van der Waals surface area contributed by atoms with Gasteiger partial charge < -0.3 is 32.5 Å². The predicted octanol–water partition coefficient (Wildman–Crippen LogP) is -1.43. The maximum atomic E-state index is 13.0. The van der Waals surface area contributed by atoms with Crippen molar-refractivity contribution in [2.45, 2.75) is 24.5 Å². The molecule has 3 aliphatic heterocycles. The molecule has 198 valence electrons. The summed E-state index contributed by atoms with van der Waals surface area (Å²) in [4.78, 5) is 52.5. The molecule has 0 aliphatic carbocycles. The van der Waals surface area contributed by atoms with Crippen molar-refractivity contribution in [1.82, 2.24) is 20.2 Å². The number of amides is 2. The van der Waals surface area contributed by atoms with Gasteiger partial charge >= 0.3 is 5.97 Å². The average molecular weight is 569 g/mol. The third-order valence-corrected chi connectivity index (χ3v) is 8.35. The number of hydrazine groups is 1. The molecule has 10 N–H and O–H groups in total. The van der Waals surface area contributed by atoms with Gasteiger partial charge in [-0.1, -0.05) is 16.9 Å². The highest BCUT2D eigenvalue weighted by Crippen LogP contribution is 2.41. The molecule has 1 aromatic rings. The number of aliphatic carboxylic acids is 1. The van der Waals surface area contributed by atoms with Crippen LogP contribution in [0.15, 0.2) is 38.7 Å². The Morgan fingerprint density at radius 2 is 2.16 bits per heavy atom. The molecule has 4 heterocycles. The highest BCUT2D eigenvalue weighted by molar-refractivity contribution is 8.14. The lowest BCUT2D eigenvalue weighted by molar-refractivity contribution is -0.150. The van der Waals surface area contributed by atoms with Gasteiger partial charge in [0.2, 0.25) is 0 Å². The second kappa shape index (κ2) is 11.0. The van der Waals surface area contributed by atoms with Crippen LogP contribution in [0.2, 0.25) is 0 Å². The molecule has 2 amide bonds. The molecule has 0 aromatic carbocycles. The zero-order valence-corrected chi connectivity index (χ0v) is 21.8. The number of aliphatic imine (C=N–C) groups is 1. The number of aromatic nitrogens is 1. The minimum Gasteiger partial charge on any atom is -0.477 e. The largest absolute Gasteiger partial charge is 0.477 e. The number of thioether (sulfide) groups is 2. The van der Waals surface area contributed by atoms with Crippen LogP contribution in [0, 0.1) is 0 Å². The maximum Gasteiger partial charge on any atom is 0.352 e. The SMILES string of the molecule is CCO/N=C(\C(=O)NC1C(=O)N2C(C(=O)O)=C(CSC3=NC(N)=CC(N)N3N)CS[C@@H]12)c1csc(N)n1. The topological polar surface area (TPSA) is 241 Å². The van der Waals surface area contributed by atoms with E-state index in [4.69, 9.17) is 27.9 Å². The molecular formula is C19H24N10O5S3. The van der Waals surface area contributed by atoms with Crippen LogP contribution in [0.3, 0.4) is 0 Å². The number of oxime groups is 1. The number of fused-ring (bicyclic) bond motifs is 1. The Kier molecular flexibility index (Phi) is 7.93. The number of anilines is 1. The normalized spacial score (nSPS) is 23.7. The molecule has 15 nitrogen and oxygen atoms in total. The van der Waals surface area contributed by atoms with Crippen LogP contribution >= 0.6 is 34.9 Å². The fraction of sp³-hybridized carbons (Fsp3) is 0.368. The van der Waals surface area contributed by atoms with E-state index in [1.807, 2.05) is 0 Å². The van der Waals surface area contributed by atoms with Crippen LogP contribution < -0.4 is 28.4 Å². The number of carboxylic acid groups (broad SMARTS) is 1. The lowest BCUT2D eigenvalue weighted by Gasteiger charge is -2.49. The number of nitrogens with one attached hydrogen (secondary N) is 1. The Bertz CT molecular complexity index is 1240. The number of nitrogens with two attached hydrogens (primary N) is 4. The monoisotopic (exact) mass is 568 g/mol. The van der Waals surface area contributed by atoms with E-state index in [2.05, 4.69) is 20.4 Å². The molecule has 2 unspecified atom stereocenters. The number of carbonyl (C=O) groups excluding carboxylic acids is 2. The van der Waals surface area contributed by atoms with Crippen molar-refractivity contribution >= 4 is 68.7 Å². The number of thiazole rings is 1. The van der Waals surface area contributed by atoms with Gasteiger partial charge in [-0.3, -0.25) is 19.5 Å². The third kappa shape index (κ3) is 5.37. The fourth-order valence-electron chi connectivity index (χ4n) is 3.58. The number of amidine groups is 1. The number of carboxylic acids is 1. The van der Waals surface area contributed by atoms with Gasteiger partial charge in [-0.05, 0) is 18.6 Å². The van der Waals surface area contributed by atoms with Crippen LogP contribution in [0.25, 0.3) is 0 Å². The van der Waals surface area contributed by atoms with Crippen molar-refractivity contribution in [3.05, 3.63) is 34.2 Å². The van der Waals surface area contributed by atoms with Crippen molar-refractivity contribution in [2.24, 2.45) is 27.5 Å². The molecule has 1 saturated heterocycles. The quantitative estimate of drug-likeness (QED) is 0.0913. The second-order valence-electron chi connectivity index (χ2n) is 7.72. The number of hydrogen-bond donors (Lipinski definition) is 6. The van der Waals surface area contributed by atoms with Crippen LogP contribution in [0.4, 0.5) is 5.13 Å².